The van der Waals surface area contributed by atoms with E-state index in [0.29, 0.717) is 19.1 Å². The molecule has 1 aromatic carbocycles. The highest BCUT2D eigenvalue weighted by molar-refractivity contribution is 5.96. The first-order valence-corrected chi connectivity index (χ1v) is 5.77. The van der Waals surface area contributed by atoms with E-state index in [1.54, 1.807) is 0 Å². The summed E-state index contributed by atoms with van der Waals surface area (Å²) < 4.78 is 104. The monoisotopic (exact) mass is 335 g/mol. The normalized spacial score (nSPS) is 13.1. The summed E-state index contributed by atoms with van der Waals surface area (Å²) in [5.41, 5.74) is -6.15. The molecular formula is C12H9F8NO. The van der Waals surface area contributed by atoms with Crippen molar-refractivity contribution in [2.75, 3.05) is 5.32 Å². The Morgan fingerprint density at radius 1 is 1.00 bits per heavy atom. The van der Waals surface area contributed by atoms with Crippen molar-refractivity contribution < 1.29 is 39.9 Å². The van der Waals surface area contributed by atoms with Crippen LogP contribution in [0.25, 0.3) is 0 Å². The number of carbonyl (C=O) groups is 1. The Kier molecular flexibility index (Phi) is 4.73. The fourth-order valence-corrected chi connectivity index (χ4v) is 1.82. The van der Waals surface area contributed by atoms with E-state index in [0.717, 1.165) is 11.4 Å². The number of benzene rings is 1. The van der Waals surface area contributed by atoms with E-state index in [1.807, 2.05) is 0 Å². The third-order valence-electron chi connectivity index (χ3n) is 3.09. The maximum Gasteiger partial charge on any atom is 0.412 e. The molecule has 0 radical (unpaired) electrons. The zero-order chi connectivity index (χ0) is 17.3. The van der Waals surface area contributed by atoms with Gasteiger partial charge in [0.2, 0.25) is 11.3 Å². The van der Waals surface area contributed by atoms with Crippen LogP contribution >= 0.6 is 0 Å². The quantitative estimate of drug-likeness (QED) is 0.814. The number of amides is 1. The number of carbonyl (C=O) groups excluding carboxylic acids is 1. The van der Waals surface area contributed by atoms with Crippen molar-refractivity contribution in [3.05, 3.63) is 29.8 Å². The van der Waals surface area contributed by atoms with Gasteiger partial charge < -0.3 is 5.32 Å². The topological polar surface area (TPSA) is 29.1 Å². The Labute approximate surface area is 119 Å². The maximum atomic E-state index is 13.3. The Hall–Kier alpha value is -1.87. The first-order chi connectivity index (χ1) is 9.88. The average Bonchev–Trinajstić information content (AvgIpc) is 2.31. The molecule has 1 amide bonds. The van der Waals surface area contributed by atoms with Gasteiger partial charge in [-0.15, -0.1) is 0 Å². The van der Waals surface area contributed by atoms with Gasteiger partial charge in [0.1, 0.15) is 17.3 Å². The molecule has 0 spiro atoms. The summed E-state index contributed by atoms with van der Waals surface area (Å²) in [6.45, 7) is 0.498. The first-order valence-electron chi connectivity index (χ1n) is 5.77. The molecule has 2 nitrogen and oxygen atoms in total. The molecule has 0 fully saturated rings. The molecule has 0 unspecified atom stereocenters. The predicted molar refractivity (Wildman–Crippen MR) is 59.8 cm³/mol. The molecular weight excluding hydrogens is 326 g/mol. The maximum absolute atomic E-state index is 13.3. The van der Waals surface area contributed by atoms with Crippen molar-refractivity contribution in [2.24, 2.45) is 5.41 Å². The molecule has 0 saturated carbocycles. The Bertz CT molecular complexity index is 529. The van der Waals surface area contributed by atoms with Crippen LogP contribution in [0.15, 0.2) is 18.2 Å². The van der Waals surface area contributed by atoms with Crippen LogP contribution in [0.2, 0.25) is 0 Å². The number of rotatable bonds is 3. The summed E-state index contributed by atoms with van der Waals surface area (Å²) >= 11 is 0. The number of para-hydroxylation sites is 1. The summed E-state index contributed by atoms with van der Waals surface area (Å²) in [6, 6.07) is 1.99. The van der Waals surface area contributed by atoms with E-state index in [4.69, 9.17) is 0 Å². The molecule has 1 aromatic rings. The second kappa shape index (κ2) is 5.73. The van der Waals surface area contributed by atoms with Gasteiger partial charge >= 0.3 is 12.4 Å². The molecule has 0 atom stereocenters. The predicted octanol–water partition coefficient (Wildman–Crippen LogP) is 4.42. The Morgan fingerprint density at radius 2 is 1.41 bits per heavy atom. The SMILES string of the molecule is CCC(C(=O)Nc1c(F)cccc1F)(C(F)(F)F)C(F)(F)F. The van der Waals surface area contributed by atoms with E-state index >= 15 is 0 Å². The van der Waals surface area contributed by atoms with Crippen LogP contribution in [0, 0.1) is 17.0 Å². The summed E-state index contributed by atoms with van der Waals surface area (Å²) in [4.78, 5) is 11.6. The smallest absolute Gasteiger partial charge is 0.320 e. The third-order valence-corrected chi connectivity index (χ3v) is 3.09. The molecule has 1 rings (SSSR count). The van der Waals surface area contributed by atoms with Crippen molar-refractivity contribution >= 4 is 11.6 Å². The molecule has 0 aliphatic heterocycles. The largest absolute Gasteiger partial charge is 0.412 e. The highest BCUT2D eigenvalue weighted by atomic mass is 19.4. The first kappa shape index (κ1) is 18.2. The molecule has 0 aliphatic carbocycles. The average molecular weight is 335 g/mol. The van der Waals surface area contributed by atoms with Crippen LogP contribution in [0.5, 0.6) is 0 Å². The lowest BCUT2D eigenvalue weighted by molar-refractivity contribution is -0.324. The van der Waals surface area contributed by atoms with Crippen molar-refractivity contribution in [1.29, 1.82) is 0 Å². The zero-order valence-electron chi connectivity index (χ0n) is 10.9. The van der Waals surface area contributed by atoms with Crippen LogP contribution in [0.1, 0.15) is 13.3 Å². The molecule has 0 bridgehead atoms. The van der Waals surface area contributed by atoms with Crippen LogP contribution in [0.3, 0.4) is 0 Å². The number of nitrogens with one attached hydrogen (secondary N) is 1. The van der Waals surface area contributed by atoms with Crippen molar-refractivity contribution in [3.63, 3.8) is 0 Å². The summed E-state index contributed by atoms with van der Waals surface area (Å²) in [6.07, 6.45) is -13.7. The molecule has 10 heteroatoms. The highest BCUT2D eigenvalue weighted by Crippen LogP contribution is 2.53. The molecule has 0 heterocycles. The molecule has 22 heavy (non-hydrogen) atoms. The van der Waals surface area contributed by atoms with Crippen LogP contribution < -0.4 is 5.32 Å². The molecule has 0 aromatic heterocycles. The Balaban J connectivity index is 3.37. The van der Waals surface area contributed by atoms with Gasteiger partial charge in [0.15, 0.2) is 0 Å². The van der Waals surface area contributed by atoms with Gasteiger partial charge in [-0.05, 0) is 18.6 Å². The third kappa shape index (κ3) is 2.86. The van der Waals surface area contributed by atoms with Crippen LogP contribution in [0.4, 0.5) is 40.8 Å². The van der Waals surface area contributed by atoms with Gasteiger partial charge in [0.25, 0.3) is 0 Å². The minimum Gasteiger partial charge on any atom is -0.320 e. The number of anilines is 1. The molecule has 0 saturated heterocycles. The lowest BCUT2D eigenvalue weighted by Crippen LogP contribution is -2.57. The number of hydrogen-bond acceptors (Lipinski definition) is 1. The second-order valence-electron chi connectivity index (χ2n) is 4.31. The van der Waals surface area contributed by atoms with E-state index in [1.165, 1.54) is 0 Å². The van der Waals surface area contributed by atoms with Gasteiger partial charge in [-0.2, -0.15) is 26.3 Å². The van der Waals surface area contributed by atoms with E-state index in [-0.39, 0.29) is 0 Å². The summed E-state index contributed by atoms with van der Waals surface area (Å²) in [5.74, 6) is -5.59. The minimum absolute atomic E-state index is 0.498. The minimum atomic E-state index is -5.99. The van der Waals surface area contributed by atoms with E-state index < -0.39 is 47.4 Å². The second-order valence-corrected chi connectivity index (χ2v) is 4.31. The molecule has 0 aliphatic rings. The molecule has 1 N–H and O–H groups in total. The van der Waals surface area contributed by atoms with Gasteiger partial charge in [0.05, 0.1) is 0 Å². The highest BCUT2D eigenvalue weighted by Gasteiger charge is 2.74. The van der Waals surface area contributed by atoms with Crippen molar-refractivity contribution in [2.45, 2.75) is 25.7 Å². The summed E-state index contributed by atoms with van der Waals surface area (Å²) in [5, 5.41) is 1.05. The van der Waals surface area contributed by atoms with Gasteiger partial charge in [0, 0.05) is 0 Å². The van der Waals surface area contributed by atoms with E-state index in [9.17, 15) is 39.9 Å². The lowest BCUT2D eigenvalue weighted by Gasteiger charge is -2.34. The van der Waals surface area contributed by atoms with Gasteiger partial charge in [-0.1, -0.05) is 13.0 Å². The number of halogens is 8. The zero-order valence-corrected chi connectivity index (χ0v) is 10.9. The van der Waals surface area contributed by atoms with Gasteiger partial charge in [-0.3, -0.25) is 4.79 Å². The molecule has 124 valence electrons. The standard InChI is InChI=1S/C12H9F8NO/c1-2-10(11(15,16)17,12(18,19)20)9(22)21-8-6(13)4-3-5-7(8)14/h3-5H,2H2,1H3,(H,21,22). The lowest BCUT2D eigenvalue weighted by atomic mass is 9.82. The summed E-state index contributed by atoms with van der Waals surface area (Å²) in [7, 11) is 0. The van der Waals surface area contributed by atoms with Gasteiger partial charge in [-0.25, -0.2) is 8.78 Å². The fourth-order valence-electron chi connectivity index (χ4n) is 1.82. The fraction of sp³-hybridized carbons (Fsp3) is 0.417. The number of hydrogen-bond donors (Lipinski definition) is 1. The van der Waals surface area contributed by atoms with E-state index in [2.05, 4.69) is 0 Å². The van der Waals surface area contributed by atoms with Crippen molar-refractivity contribution in [3.8, 4) is 0 Å². The van der Waals surface area contributed by atoms with Crippen molar-refractivity contribution in [1.82, 2.24) is 0 Å². The van der Waals surface area contributed by atoms with Crippen LogP contribution in [-0.2, 0) is 4.79 Å². The number of alkyl halides is 6. The van der Waals surface area contributed by atoms with Crippen LogP contribution in [-0.4, -0.2) is 18.3 Å². The Morgan fingerprint density at radius 3 is 1.73 bits per heavy atom.